The van der Waals surface area contributed by atoms with Crippen LogP contribution in [-0.2, 0) is 30.4 Å². The molecular weight excluding hydrogens is 486 g/mol. The molecule has 0 saturated carbocycles. The molecule has 0 aliphatic carbocycles. The van der Waals surface area contributed by atoms with Crippen molar-refractivity contribution in [1.82, 2.24) is 4.57 Å². The maximum Gasteiger partial charge on any atom is 0.334 e. The van der Waals surface area contributed by atoms with Crippen LogP contribution in [0.1, 0.15) is 54.6 Å². The molecule has 2 heterocycles. The van der Waals surface area contributed by atoms with Crippen LogP contribution in [0.15, 0.2) is 72.2 Å². The van der Waals surface area contributed by atoms with Crippen molar-refractivity contribution >= 4 is 28.7 Å². The number of hydrogen-bond donors (Lipinski definition) is 0. The molecule has 8 nitrogen and oxygen atoms in total. The molecule has 0 bridgehead atoms. The van der Waals surface area contributed by atoms with Gasteiger partial charge in [0, 0.05) is 24.3 Å². The molecule has 3 aromatic rings. The van der Waals surface area contributed by atoms with Crippen molar-refractivity contribution in [3.8, 4) is 5.88 Å². The highest BCUT2D eigenvalue weighted by atomic mass is 16.5. The summed E-state index contributed by atoms with van der Waals surface area (Å²) in [5.74, 6) is -0.942. The van der Waals surface area contributed by atoms with E-state index in [1.165, 1.54) is 23.6 Å². The molecule has 1 aromatic heterocycles. The van der Waals surface area contributed by atoms with Crippen LogP contribution in [-0.4, -0.2) is 35.6 Å². The summed E-state index contributed by atoms with van der Waals surface area (Å²) in [5, 5.41) is 0.836. The van der Waals surface area contributed by atoms with Gasteiger partial charge < -0.3 is 18.9 Å². The van der Waals surface area contributed by atoms with Crippen LogP contribution in [0.25, 0.3) is 10.9 Å². The monoisotopic (exact) mass is 517 g/mol. The minimum atomic E-state index is -0.583. The van der Waals surface area contributed by atoms with E-state index in [9.17, 15) is 14.4 Å². The highest BCUT2D eigenvalue weighted by Gasteiger charge is 2.37. The van der Waals surface area contributed by atoms with Gasteiger partial charge in [-0.2, -0.15) is 0 Å². The van der Waals surface area contributed by atoms with Crippen LogP contribution in [0.5, 0.6) is 5.88 Å². The lowest BCUT2D eigenvalue weighted by molar-refractivity contribution is -0.139. The Bertz CT molecular complexity index is 1420. The quantitative estimate of drug-likeness (QED) is 0.219. The zero-order valence-electron chi connectivity index (χ0n) is 22.0. The topological polar surface area (TPSA) is 93.1 Å². The van der Waals surface area contributed by atoms with Gasteiger partial charge in [0.25, 0.3) is 0 Å². The number of carbonyl (C=O) groups excluding carboxylic acids is 3. The average molecular weight is 518 g/mol. The molecule has 1 aliphatic rings. The second-order valence-electron chi connectivity index (χ2n) is 8.84. The average Bonchev–Trinajstić information content (AvgIpc) is 3.23. The zero-order chi connectivity index (χ0) is 27.2. The third-order valence-corrected chi connectivity index (χ3v) is 6.19. The van der Waals surface area contributed by atoms with Crippen LogP contribution in [0, 0.1) is 6.92 Å². The van der Waals surface area contributed by atoms with Gasteiger partial charge in [-0.1, -0.05) is 42.5 Å². The van der Waals surface area contributed by atoms with Crippen LogP contribution in [0.4, 0.5) is 0 Å². The van der Waals surface area contributed by atoms with Gasteiger partial charge >= 0.3 is 11.9 Å². The smallest absolute Gasteiger partial charge is 0.334 e. The summed E-state index contributed by atoms with van der Waals surface area (Å²) in [6, 6.07) is 15.0. The standard InChI is InChI=1S/C30H31NO7/c1-5-35-25(17-27(34)36-6-2)23-15-22(16-26(33)37-18-21-12-8-7-9-13-21)38-30-29(23)28-19(3)11-10-14-24(28)31(30)20(4)32/h7-14,16-17,23H,5-6,15,18H2,1-4H3/b22-16-,25-17+. The van der Waals surface area contributed by atoms with Crippen molar-refractivity contribution in [3.05, 3.63) is 88.9 Å². The number of carbonyl (C=O) groups is 3. The first kappa shape index (κ1) is 26.7. The van der Waals surface area contributed by atoms with E-state index in [0.717, 1.165) is 16.5 Å². The molecule has 0 saturated heterocycles. The van der Waals surface area contributed by atoms with Crippen LogP contribution < -0.4 is 4.74 Å². The number of hydrogen-bond acceptors (Lipinski definition) is 7. The maximum atomic E-state index is 12.8. The number of rotatable bonds is 8. The van der Waals surface area contributed by atoms with E-state index in [4.69, 9.17) is 18.9 Å². The highest BCUT2D eigenvalue weighted by Crippen LogP contribution is 2.48. The molecule has 0 N–H and O–H groups in total. The summed E-state index contributed by atoms with van der Waals surface area (Å²) < 4.78 is 24.2. The predicted octanol–water partition coefficient (Wildman–Crippen LogP) is 5.59. The molecule has 198 valence electrons. The van der Waals surface area contributed by atoms with Crippen molar-refractivity contribution in [2.24, 2.45) is 0 Å². The molecule has 8 heteroatoms. The highest BCUT2D eigenvalue weighted by molar-refractivity contribution is 5.99. The molecule has 2 aromatic carbocycles. The lowest BCUT2D eigenvalue weighted by atomic mass is 9.88. The normalized spacial score (nSPS) is 16.1. The van der Waals surface area contributed by atoms with Crippen LogP contribution >= 0.6 is 0 Å². The lowest BCUT2D eigenvalue weighted by Gasteiger charge is -2.28. The Morgan fingerprint density at radius 3 is 2.39 bits per heavy atom. The molecule has 4 rings (SSSR count). The summed E-state index contributed by atoms with van der Waals surface area (Å²) in [4.78, 5) is 38.0. The number of fused-ring (bicyclic) bond motifs is 3. The Labute approximate surface area is 221 Å². The molecule has 1 unspecified atom stereocenters. The maximum absolute atomic E-state index is 12.8. The lowest BCUT2D eigenvalue weighted by Crippen LogP contribution is -2.20. The predicted molar refractivity (Wildman–Crippen MR) is 142 cm³/mol. The molecule has 38 heavy (non-hydrogen) atoms. The summed E-state index contributed by atoms with van der Waals surface area (Å²) >= 11 is 0. The fourth-order valence-corrected chi connectivity index (χ4v) is 4.67. The van der Waals surface area contributed by atoms with E-state index in [0.29, 0.717) is 23.4 Å². The van der Waals surface area contributed by atoms with E-state index in [1.54, 1.807) is 6.92 Å². The fourth-order valence-electron chi connectivity index (χ4n) is 4.67. The van der Waals surface area contributed by atoms with Crippen molar-refractivity contribution in [3.63, 3.8) is 0 Å². The third-order valence-electron chi connectivity index (χ3n) is 6.19. The first-order chi connectivity index (χ1) is 18.3. The second kappa shape index (κ2) is 11.8. The zero-order valence-corrected chi connectivity index (χ0v) is 22.0. The number of allylic oxidation sites excluding steroid dienone is 2. The summed E-state index contributed by atoms with van der Waals surface area (Å²) in [5.41, 5.74) is 3.18. The minimum Gasteiger partial charge on any atom is -0.497 e. The van der Waals surface area contributed by atoms with Gasteiger partial charge in [0.1, 0.15) is 18.1 Å². The van der Waals surface area contributed by atoms with E-state index >= 15 is 0 Å². The largest absolute Gasteiger partial charge is 0.497 e. The van der Waals surface area contributed by atoms with Crippen LogP contribution in [0.2, 0.25) is 0 Å². The third kappa shape index (κ3) is 5.64. The SMILES string of the molecule is CCOC(=O)/C=C(/OCC)C1C/C(=C/C(=O)OCc2ccccc2)Oc2c1c1c(C)cccc1n2C(C)=O. The second-order valence-corrected chi connectivity index (χ2v) is 8.84. The molecule has 0 amide bonds. The number of benzene rings is 2. The number of aryl methyl sites for hydroxylation is 1. The van der Waals surface area contributed by atoms with Crippen molar-refractivity contribution in [2.75, 3.05) is 13.2 Å². The summed E-state index contributed by atoms with van der Waals surface area (Å²) in [6.45, 7) is 7.58. The van der Waals surface area contributed by atoms with Gasteiger partial charge in [0.05, 0.1) is 36.8 Å². The van der Waals surface area contributed by atoms with E-state index in [1.807, 2.05) is 62.4 Å². The molecule has 0 radical (unpaired) electrons. The Morgan fingerprint density at radius 1 is 0.974 bits per heavy atom. The van der Waals surface area contributed by atoms with Gasteiger partial charge in [-0.15, -0.1) is 0 Å². The Morgan fingerprint density at radius 2 is 1.71 bits per heavy atom. The number of ether oxygens (including phenoxy) is 4. The Kier molecular flexibility index (Phi) is 8.31. The van der Waals surface area contributed by atoms with E-state index in [-0.39, 0.29) is 37.2 Å². The number of nitrogens with zero attached hydrogens (tertiary/aromatic N) is 1. The first-order valence-corrected chi connectivity index (χ1v) is 12.6. The van der Waals surface area contributed by atoms with Gasteiger partial charge in [-0.25, -0.2) is 14.2 Å². The Hall–Kier alpha value is -4.33. The number of esters is 2. The minimum absolute atomic E-state index is 0.109. The summed E-state index contributed by atoms with van der Waals surface area (Å²) in [7, 11) is 0. The fraction of sp³-hybridized carbons (Fsp3) is 0.300. The summed E-state index contributed by atoms with van der Waals surface area (Å²) in [6.07, 6.45) is 2.82. The van der Waals surface area contributed by atoms with Crippen LogP contribution in [0.3, 0.4) is 0 Å². The van der Waals surface area contributed by atoms with Gasteiger partial charge in [-0.05, 0) is 38.0 Å². The first-order valence-electron chi connectivity index (χ1n) is 12.6. The molecule has 0 spiro atoms. The number of aromatic nitrogens is 1. The molecule has 1 aliphatic heterocycles. The van der Waals surface area contributed by atoms with Gasteiger partial charge in [-0.3, -0.25) is 4.79 Å². The van der Waals surface area contributed by atoms with Gasteiger partial charge in [0.15, 0.2) is 0 Å². The van der Waals surface area contributed by atoms with Gasteiger partial charge in [0.2, 0.25) is 11.8 Å². The van der Waals surface area contributed by atoms with E-state index in [2.05, 4.69) is 0 Å². The van der Waals surface area contributed by atoms with Crippen molar-refractivity contribution in [1.29, 1.82) is 0 Å². The molecular formula is C30H31NO7. The van der Waals surface area contributed by atoms with E-state index < -0.39 is 17.9 Å². The van der Waals surface area contributed by atoms with Crippen molar-refractivity contribution < 1.29 is 33.3 Å². The molecule has 0 fully saturated rings. The Balaban J connectivity index is 1.81. The molecule has 1 atom stereocenters. The van der Waals surface area contributed by atoms with Crippen molar-refractivity contribution in [2.45, 2.75) is 46.6 Å².